The van der Waals surface area contributed by atoms with E-state index in [4.69, 9.17) is 5.11 Å². The van der Waals surface area contributed by atoms with Crippen molar-refractivity contribution in [1.29, 1.82) is 0 Å². The molecule has 0 aliphatic heterocycles. The molecule has 0 fully saturated rings. The van der Waals surface area contributed by atoms with Gasteiger partial charge in [0.2, 0.25) is 0 Å². The fraction of sp³-hybridized carbons (Fsp3) is 0.0435. The Morgan fingerprint density at radius 1 is 0.867 bits per heavy atom. The van der Waals surface area contributed by atoms with Crippen molar-refractivity contribution >= 4 is 47.1 Å². The summed E-state index contributed by atoms with van der Waals surface area (Å²) in [7, 11) is 0. The zero-order chi connectivity index (χ0) is 21.4. The van der Waals surface area contributed by atoms with Crippen LogP contribution in [0, 0.1) is 0 Å². The first kappa shape index (κ1) is 22.9. The summed E-state index contributed by atoms with van der Waals surface area (Å²) in [6, 6.07) is 15.0. The van der Waals surface area contributed by atoms with Gasteiger partial charge in [-0.3, -0.25) is 19.6 Å². The molecule has 0 spiro atoms. The Bertz CT molecular complexity index is 1000. The van der Waals surface area contributed by atoms with Crippen LogP contribution >= 0.6 is 22.7 Å². The number of aliphatic carboxylic acids is 1. The monoisotopic (exact) mass is 436 g/mol. The first-order valence-corrected chi connectivity index (χ1v) is 10.8. The number of carbonyl (C=O) groups excluding carboxylic acids is 1. The lowest BCUT2D eigenvalue weighted by Crippen LogP contribution is -2.01. The normalized spacial score (nSPS) is 9.73. The zero-order valence-electron chi connectivity index (χ0n) is 16.0. The van der Waals surface area contributed by atoms with Crippen molar-refractivity contribution in [2.45, 2.75) is 6.42 Å². The van der Waals surface area contributed by atoms with Crippen LogP contribution in [-0.4, -0.2) is 27.3 Å². The summed E-state index contributed by atoms with van der Waals surface area (Å²) in [6.07, 6.45) is 8.31. The maximum absolute atomic E-state index is 10.1. The van der Waals surface area contributed by atoms with E-state index in [0.717, 1.165) is 17.5 Å². The number of carboxylic acids is 1. The second-order valence-corrected chi connectivity index (χ2v) is 7.27. The SMILES string of the molecule is C(=C\c1ccccn1)/c1ccsc1.O=C(O)Cc1ccccn1.O=Cc1ccsc1. The highest BCUT2D eigenvalue weighted by atomic mass is 32.1. The minimum absolute atomic E-state index is 0.000833. The van der Waals surface area contributed by atoms with E-state index in [2.05, 4.69) is 32.9 Å². The molecular formula is C23H20N2O3S2. The van der Waals surface area contributed by atoms with Gasteiger partial charge in [0.1, 0.15) is 0 Å². The average Bonchev–Trinajstić information content (AvgIpc) is 3.48. The number of carbonyl (C=O) groups is 2. The van der Waals surface area contributed by atoms with Crippen molar-refractivity contribution < 1.29 is 14.7 Å². The Morgan fingerprint density at radius 2 is 1.53 bits per heavy atom. The van der Waals surface area contributed by atoms with E-state index in [0.29, 0.717) is 5.69 Å². The molecule has 1 N–H and O–H groups in total. The molecular weight excluding hydrogens is 416 g/mol. The second kappa shape index (κ2) is 13.7. The van der Waals surface area contributed by atoms with E-state index >= 15 is 0 Å². The smallest absolute Gasteiger partial charge is 0.309 e. The number of thiophene rings is 2. The first-order valence-electron chi connectivity index (χ1n) is 8.88. The molecule has 4 aromatic rings. The highest BCUT2D eigenvalue weighted by Gasteiger charge is 1.98. The Kier molecular flexibility index (Phi) is 10.4. The molecule has 0 aliphatic rings. The maximum Gasteiger partial charge on any atom is 0.309 e. The molecule has 0 amide bonds. The Labute approximate surface area is 183 Å². The summed E-state index contributed by atoms with van der Waals surface area (Å²) in [5, 5.41) is 16.2. The Morgan fingerprint density at radius 3 is 2.00 bits per heavy atom. The predicted molar refractivity (Wildman–Crippen MR) is 123 cm³/mol. The topological polar surface area (TPSA) is 80.2 Å². The lowest BCUT2D eigenvalue weighted by Gasteiger charge is -1.91. The highest BCUT2D eigenvalue weighted by Crippen LogP contribution is 2.09. The lowest BCUT2D eigenvalue weighted by atomic mass is 10.2. The van der Waals surface area contributed by atoms with Crippen molar-refractivity contribution in [1.82, 2.24) is 9.97 Å². The molecule has 7 heteroatoms. The minimum atomic E-state index is -0.848. The van der Waals surface area contributed by atoms with Gasteiger partial charge in [0, 0.05) is 23.3 Å². The predicted octanol–water partition coefficient (Wildman–Crippen LogP) is 5.58. The van der Waals surface area contributed by atoms with Gasteiger partial charge in [0.05, 0.1) is 17.8 Å². The molecule has 30 heavy (non-hydrogen) atoms. The van der Waals surface area contributed by atoms with Gasteiger partial charge in [0.15, 0.2) is 6.29 Å². The van der Waals surface area contributed by atoms with Crippen LogP contribution in [0.3, 0.4) is 0 Å². The van der Waals surface area contributed by atoms with E-state index in [1.807, 2.05) is 35.0 Å². The van der Waals surface area contributed by atoms with Gasteiger partial charge in [-0.15, -0.1) is 0 Å². The molecule has 0 bridgehead atoms. The van der Waals surface area contributed by atoms with Crippen molar-refractivity contribution in [2.24, 2.45) is 0 Å². The summed E-state index contributed by atoms with van der Waals surface area (Å²) in [6.45, 7) is 0. The number of aldehydes is 1. The molecule has 0 atom stereocenters. The van der Waals surface area contributed by atoms with E-state index < -0.39 is 5.97 Å². The van der Waals surface area contributed by atoms with Crippen molar-refractivity contribution in [2.75, 3.05) is 0 Å². The number of pyridine rings is 2. The Balaban J connectivity index is 0.000000168. The van der Waals surface area contributed by atoms with Gasteiger partial charge >= 0.3 is 5.97 Å². The van der Waals surface area contributed by atoms with E-state index in [9.17, 15) is 9.59 Å². The molecule has 4 heterocycles. The molecule has 0 radical (unpaired) electrons. The number of nitrogens with zero attached hydrogens (tertiary/aromatic N) is 2. The van der Waals surface area contributed by atoms with Gasteiger partial charge < -0.3 is 5.11 Å². The highest BCUT2D eigenvalue weighted by molar-refractivity contribution is 7.08. The van der Waals surface area contributed by atoms with Gasteiger partial charge in [-0.05, 0) is 64.2 Å². The van der Waals surface area contributed by atoms with Crippen LogP contribution in [0.25, 0.3) is 12.2 Å². The molecule has 5 nitrogen and oxygen atoms in total. The van der Waals surface area contributed by atoms with Crippen LogP contribution in [0.5, 0.6) is 0 Å². The van der Waals surface area contributed by atoms with Gasteiger partial charge in [-0.25, -0.2) is 0 Å². The first-order chi connectivity index (χ1) is 14.7. The van der Waals surface area contributed by atoms with Crippen molar-refractivity contribution in [3.05, 3.63) is 105 Å². The summed E-state index contributed by atoms with van der Waals surface area (Å²) in [4.78, 5) is 28.0. The third-order valence-electron chi connectivity index (χ3n) is 3.42. The number of rotatable bonds is 5. The van der Waals surface area contributed by atoms with Crippen LogP contribution < -0.4 is 0 Å². The van der Waals surface area contributed by atoms with Crippen LogP contribution in [-0.2, 0) is 11.2 Å². The third kappa shape index (κ3) is 9.68. The third-order valence-corrected chi connectivity index (χ3v) is 4.82. The lowest BCUT2D eigenvalue weighted by molar-refractivity contribution is -0.136. The Hall–Kier alpha value is -3.42. The molecule has 0 unspecified atom stereocenters. The molecule has 4 aromatic heterocycles. The van der Waals surface area contributed by atoms with E-state index in [-0.39, 0.29) is 6.42 Å². The summed E-state index contributed by atoms with van der Waals surface area (Å²) in [5.41, 5.74) is 3.59. The number of carboxylic acid groups (broad SMARTS) is 1. The van der Waals surface area contributed by atoms with Gasteiger partial charge in [-0.2, -0.15) is 22.7 Å². The molecule has 0 saturated carbocycles. The van der Waals surface area contributed by atoms with Gasteiger partial charge in [0.25, 0.3) is 0 Å². The minimum Gasteiger partial charge on any atom is -0.481 e. The molecule has 4 rings (SSSR count). The summed E-state index contributed by atoms with van der Waals surface area (Å²) < 4.78 is 0. The average molecular weight is 437 g/mol. The molecule has 0 saturated heterocycles. The van der Waals surface area contributed by atoms with Crippen molar-refractivity contribution in [3.8, 4) is 0 Å². The largest absolute Gasteiger partial charge is 0.481 e. The second-order valence-electron chi connectivity index (χ2n) is 5.71. The molecule has 0 aromatic carbocycles. The number of hydrogen-bond donors (Lipinski definition) is 1. The zero-order valence-corrected chi connectivity index (χ0v) is 17.6. The van der Waals surface area contributed by atoms with Crippen LogP contribution in [0.1, 0.15) is 27.3 Å². The standard InChI is InChI=1S/C11H9NS.C7H7NO2.C5H4OS/c1-2-7-12-11(3-1)5-4-10-6-8-13-9-10;9-7(10)5-6-3-1-2-4-8-6;6-3-5-1-2-7-4-5/h1-9H;1-4H,5H2,(H,9,10);1-4H/b5-4+;;. The van der Waals surface area contributed by atoms with Gasteiger partial charge in [-0.1, -0.05) is 18.2 Å². The summed E-state index contributed by atoms with van der Waals surface area (Å²) >= 11 is 3.24. The molecule has 152 valence electrons. The fourth-order valence-corrected chi connectivity index (χ4v) is 3.26. The number of aromatic nitrogens is 2. The maximum atomic E-state index is 10.1. The number of hydrogen-bond acceptors (Lipinski definition) is 6. The fourth-order valence-electron chi connectivity index (χ4n) is 2.03. The van der Waals surface area contributed by atoms with Crippen LogP contribution in [0.2, 0.25) is 0 Å². The van der Waals surface area contributed by atoms with Crippen LogP contribution in [0.4, 0.5) is 0 Å². The molecule has 0 aliphatic carbocycles. The quantitative estimate of drug-likeness (QED) is 0.413. The summed E-state index contributed by atoms with van der Waals surface area (Å²) in [5.74, 6) is -0.848. The van der Waals surface area contributed by atoms with E-state index in [1.165, 1.54) is 16.9 Å². The van der Waals surface area contributed by atoms with E-state index in [1.54, 1.807) is 48.0 Å². The van der Waals surface area contributed by atoms with Crippen LogP contribution in [0.15, 0.2) is 82.4 Å². The van der Waals surface area contributed by atoms with Crippen molar-refractivity contribution in [3.63, 3.8) is 0 Å².